The highest BCUT2D eigenvalue weighted by atomic mass is 31.2. The SMILES string of the molecule is CCC(C)CCCCCCCCC(=O)O[C@H](COC(=O)CCCCCCCCCCCCCCCCCC(C)C)COP(=O)(O)OCC(O)COP(=O)(O)OC[C@@H](COC(=O)CCCCCCCCCC(C)C)OC(=O)CCCCCCCCCC(C)C. The van der Waals surface area contributed by atoms with Gasteiger partial charge in [-0.1, -0.05) is 287 Å². The van der Waals surface area contributed by atoms with Crippen LogP contribution in [0.5, 0.6) is 0 Å². The lowest BCUT2D eigenvalue weighted by molar-refractivity contribution is -0.161. The zero-order valence-corrected chi connectivity index (χ0v) is 59.1. The molecular formula is C69H134O17P2. The number of carbonyl (C=O) groups is 4. The zero-order valence-electron chi connectivity index (χ0n) is 57.3. The Morgan fingerprint density at radius 1 is 0.318 bits per heavy atom. The van der Waals surface area contributed by atoms with Crippen LogP contribution in [0.15, 0.2) is 0 Å². The number of phosphoric ester groups is 2. The van der Waals surface area contributed by atoms with Crippen LogP contribution in [0.4, 0.5) is 0 Å². The number of rotatable bonds is 66. The lowest BCUT2D eigenvalue weighted by Crippen LogP contribution is -2.30. The molecule has 0 fully saturated rings. The first-order chi connectivity index (χ1) is 42.1. The Labute approximate surface area is 537 Å². The van der Waals surface area contributed by atoms with Crippen molar-refractivity contribution in [1.82, 2.24) is 0 Å². The number of hydrogen-bond donors (Lipinski definition) is 3. The summed E-state index contributed by atoms with van der Waals surface area (Å²) in [7, 11) is -9.90. The minimum atomic E-state index is -4.95. The molecule has 0 aromatic rings. The van der Waals surface area contributed by atoms with Crippen LogP contribution in [-0.4, -0.2) is 96.7 Å². The van der Waals surface area contributed by atoms with Gasteiger partial charge in [-0.3, -0.25) is 37.3 Å². The summed E-state index contributed by atoms with van der Waals surface area (Å²) >= 11 is 0. The van der Waals surface area contributed by atoms with Crippen LogP contribution in [0.3, 0.4) is 0 Å². The van der Waals surface area contributed by atoms with Crippen LogP contribution in [0.25, 0.3) is 0 Å². The minimum absolute atomic E-state index is 0.102. The highest BCUT2D eigenvalue weighted by Gasteiger charge is 2.30. The molecule has 0 aliphatic carbocycles. The van der Waals surface area contributed by atoms with Gasteiger partial charge in [-0.25, -0.2) is 9.13 Å². The molecule has 17 nitrogen and oxygen atoms in total. The molecule has 0 aliphatic rings. The van der Waals surface area contributed by atoms with Crippen molar-refractivity contribution < 1.29 is 80.2 Å². The van der Waals surface area contributed by atoms with E-state index in [1.807, 2.05) is 0 Å². The lowest BCUT2D eigenvalue weighted by atomic mass is 10.00. The van der Waals surface area contributed by atoms with E-state index in [0.717, 1.165) is 108 Å². The van der Waals surface area contributed by atoms with E-state index in [1.165, 1.54) is 135 Å². The first-order valence-electron chi connectivity index (χ1n) is 35.7. The second kappa shape index (κ2) is 58.8. The third kappa shape index (κ3) is 61.6. The lowest BCUT2D eigenvalue weighted by Gasteiger charge is -2.21. The fourth-order valence-corrected chi connectivity index (χ4v) is 11.9. The van der Waals surface area contributed by atoms with Crippen LogP contribution < -0.4 is 0 Å². The van der Waals surface area contributed by atoms with Gasteiger partial charge in [0.05, 0.1) is 26.4 Å². The van der Waals surface area contributed by atoms with Gasteiger partial charge in [0.2, 0.25) is 0 Å². The monoisotopic (exact) mass is 1300 g/mol. The summed E-state index contributed by atoms with van der Waals surface area (Å²) in [6.45, 7) is 14.0. The van der Waals surface area contributed by atoms with Gasteiger partial charge in [-0.15, -0.1) is 0 Å². The molecular weight excluding hydrogens is 1160 g/mol. The summed E-state index contributed by atoms with van der Waals surface area (Å²) in [4.78, 5) is 72.4. The number of carbonyl (C=O) groups excluding carboxylic acids is 4. The molecule has 6 atom stereocenters. The summed E-state index contributed by atoms with van der Waals surface area (Å²) < 4.78 is 68.1. The molecule has 4 unspecified atom stereocenters. The summed E-state index contributed by atoms with van der Waals surface area (Å²) in [6.07, 6.45) is 40.6. The van der Waals surface area contributed by atoms with E-state index in [9.17, 15) is 43.2 Å². The third-order valence-electron chi connectivity index (χ3n) is 16.2. The summed E-state index contributed by atoms with van der Waals surface area (Å²) in [5, 5.41) is 10.6. The quantitative estimate of drug-likeness (QED) is 0.0222. The van der Waals surface area contributed by atoms with Gasteiger partial charge in [0.1, 0.15) is 19.3 Å². The third-order valence-corrected chi connectivity index (χ3v) is 18.1. The Kier molecular flexibility index (Phi) is 57.6. The van der Waals surface area contributed by atoms with Gasteiger partial charge < -0.3 is 33.8 Å². The van der Waals surface area contributed by atoms with E-state index < -0.39 is 97.5 Å². The van der Waals surface area contributed by atoms with Crippen molar-refractivity contribution in [3.05, 3.63) is 0 Å². The van der Waals surface area contributed by atoms with Crippen LogP contribution in [0.2, 0.25) is 0 Å². The Bertz CT molecular complexity index is 1750. The molecule has 0 saturated carbocycles. The van der Waals surface area contributed by atoms with Crippen LogP contribution in [0, 0.1) is 23.7 Å². The van der Waals surface area contributed by atoms with Gasteiger partial charge in [0.15, 0.2) is 12.2 Å². The van der Waals surface area contributed by atoms with E-state index >= 15 is 0 Å². The predicted octanol–water partition coefficient (Wildman–Crippen LogP) is 19.3. The molecule has 0 radical (unpaired) electrons. The van der Waals surface area contributed by atoms with Crippen molar-refractivity contribution in [1.29, 1.82) is 0 Å². The van der Waals surface area contributed by atoms with Crippen molar-refractivity contribution in [3.63, 3.8) is 0 Å². The number of phosphoric acid groups is 2. The number of ether oxygens (including phenoxy) is 4. The largest absolute Gasteiger partial charge is 0.472 e. The van der Waals surface area contributed by atoms with Gasteiger partial charge in [-0.05, 0) is 49.4 Å². The second-order valence-corrected chi connectivity index (χ2v) is 29.5. The van der Waals surface area contributed by atoms with Crippen LogP contribution >= 0.6 is 15.6 Å². The molecule has 0 rings (SSSR count). The highest BCUT2D eigenvalue weighted by molar-refractivity contribution is 7.47. The maximum atomic E-state index is 13.0. The second-order valence-electron chi connectivity index (χ2n) is 26.6. The average molecular weight is 1300 g/mol. The average Bonchev–Trinajstić information content (AvgIpc) is 3.59. The maximum absolute atomic E-state index is 13.0. The molecule has 0 heterocycles. The Hall–Kier alpha value is -1.94. The molecule has 0 amide bonds. The number of aliphatic hydroxyl groups is 1. The molecule has 0 saturated heterocycles. The van der Waals surface area contributed by atoms with Gasteiger partial charge in [0, 0.05) is 25.7 Å². The molecule has 19 heteroatoms. The topological polar surface area (TPSA) is 237 Å². The molecule has 0 spiro atoms. The number of hydrogen-bond acceptors (Lipinski definition) is 15. The number of aliphatic hydroxyl groups excluding tert-OH is 1. The van der Waals surface area contributed by atoms with Crippen molar-refractivity contribution in [2.75, 3.05) is 39.6 Å². The van der Waals surface area contributed by atoms with Gasteiger partial charge >= 0.3 is 39.5 Å². The van der Waals surface area contributed by atoms with Gasteiger partial charge in [-0.2, -0.15) is 0 Å². The van der Waals surface area contributed by atoms with Crippen molar-refractivity contribution in [2.24, 2.45) is 23.7 Å². The van der Waals surface area contributed by atoms with E-state index in [-0.39, 0.29) is 25.7 Å². The Morgan fingerprint density at radius 2 is 0.545 bits per heavy atom. The molecule has 522 valence electrons. The fourth-order valence-electron chi connectivity index (χ4n) is 10.3. The van der Waals surface area contributed by atoms with Crippen molar-refractivity contribution in [3.8, 4) is 0 Å². The number of unbranched alkanes of at least 4 members (excludes halogenated alkanes) is 31. The van der Waals surface area contributed by atoms with Gasteiger partial charge in [0.25, 0.3) is 0 Å². The van der Waals surface area contributed by atoms with E-state index in [2.05, 4.69) is 55.4 Å². The molecule has 0 aliphatic heterocycles. The Balaban J connectivity index is 5.18. The Morgan fingerprint density at radius 3 is 0.807 bits per heavy atom. The van der Waals surface area contributed by atoms with E-state index in [1.54, 1.807) is 0 Å². The van der Waals surface area contributed by atoms with Crippen molar-refractivity contribution in [2.45, 2.75) is 356 Å². The zero-order chi connectivity index (χ0) is 65.4. The molecule has 0 aromatic carbocycles. The minimum Gasteiger partial charge on any atom is -0.462 e. The van der Waals surface area contributed by atoms with Crippen LogP contribution in [0.1, 0.15) is 338 Å². The first-order valence-corrected chi connectivity index (χ1v) is 38.7. The van der Waals surface area contributed by atoms with Crippen molar-refractivity contribution >= 4 is 39.5 Å². The normalized spacial score (nSPS) is 14.6. The number of esters is 4. The first kappa shape index (κ1) is 86.1. The van der Waals surface area contributed by atoms with E-state index in [4.69, 9.17) is 37.0 Å². The smallest absolute Gasteiger partial charge is 0.462 e. The predicted molar refractivity (Wildman–Crippen MR) is 354 cm³/mol. The maximum Gasteiger partial charge on any atom is 0.472 e. The van der Waals surface area contributed by atoms with E-state index in [0.29, 0.717) is 37.5 Å². The highest BCUT2D eigenvalue weighted by Crippen LogP contribution is 2.45. The molecule has 0 aromatic heterocycles. The molecule has 0 bridgehead atoms. The standard InChI is InChI=1S/C69H134O17P2/c1-9-62(8)48-40-32-27-28-36-44-52-69(74)86-65(56-79-66(71)49-41-33-24-18-16-14-12-10-11-13-15-17-21-29-37-45-59(2)3)58-84-88(77,78)82-54-63(70)53-81-87(75,76)83-57-64(85-68(73)51-43-35-26-20-23-31-39-47-61(6)7)55-80-67(72)50-42-34-25-19-22-30-38-46-60(4)5/h59-65,70H,9-58H2,1-8H3,(H,75,76)(H,77,78)/t62?,63?,64-,65-/m1/s1. The van der Waals surface area contributed by atoms with Crippen LogP contribution in [-0.2, 0) is 65.4 Å². The summed E-state index contributed by atoms with van der Waals surface area (Å²) in [6, 6.07) is 0. The molecule has 3 N–H and O–H groups in total. The summed E-state index contributed by atoms with van der Waals surface area (Å²) in [5.41, 5.74) is 0. The summed E-state index contributed by atoms with van der Waals surface area (Å²) in [5.74, 6) is 0.790. The fraction of sp³-hybridized carbons (Fsp3) is 0.942. The molecule has 88 heavy (non-hydrogen) atoms.